The minimum absolute atomic E-state index is 0.0207. The van der Waals surface area contributed by atoms with E-state index in [1.54, 1.807) is 6.92 Å². The van der Waals surface area contributed by atoms with Gasteiger partial charge in [0.15, 0.2) is 11.9 Å². The van der Waals surface area contributed by atoms with Gasteiger partial charge in [-0.25, -0.2) is 17.5 Å². The Morgan fingerprint density at radius 1 is 1.38 bits per heavy atom. The summed E-state index contributed by atoms with van der Waals surface area (Å²) in [7, 11) is -0.879. The van der Waals surface area contributed by atoms with Gasteiger partial charge in [-0.3, -0.25) is 0 Å². The van der Waals surface area contributed by atoms with E-state index in [4.69, 9.17) is 9.26 Å². The summed E-state index contributed by atoms with van der Waals surface area (Å²) in [6.07, 6.45) is 0.788. The molecule has 1 unspecified atom stereocenters. The minimum Gasteiger partial charge on any atom is -0.449 e. The van der Waals surface area contributed by atoms with E-state index >= 15 is 0 Å². The zero-order chi connectivity index (χ0) is 19.5. The smallest absolute Gasteiger partial charge is 0.338 e. The van der Waals surface area contributed by atoms with Gasteiger partial charge in [0, 0.05) is 25.0 Å². The second kappa shape index (κ2) is 8.28. The monoisotopic (exact) mass is 445 g/mol. The lowest BCUT2D eigenvalue weighted by atomic mass is 10.2. The van der Waals surface area contributed by atoms with Crippen molar-refractivity contribution in [3.63, 3.8) is 0 Å². The van der Waals surface area contributed by atoms with Gasteiger partial charge in [0.2, 0.25) is 10.0 Å². The molecule has 0 aliphatic carbocycles. The fraction of sp³-hybridized carbons (Fsp3) is 0.438. The molecule has 26 heavy (non-hydrogen) atoms. The number of aromatic nitrogens is 2. The van der Waals surface area contributed by atoms with Gasteiger partial charge in [-0.2, -0.15) is 4.98 Å². The van der Waals surface area contributed by atoms with Crippen molar-refractivity contribution in [1.82, 2.24) is 14.4 Å². The Labute approximate surface area is 160 Å². The van der Waals surface area contributed by atoms with Crippen LogP contribution in [0.1, 0.15) is 48.4 Å². The van der Waals surface area contributed by atoms with Gasteiger partial charge in [-0.15, -0.1) is 0 Å². The SMILES string of the molecule is CCCc1noc(C(C)OC(=O)c2ccc(Br)c(S(=O)(=O)N(C)C)c2)n1. The highest BCUT2D eigenvalue weighted by molar-refractivity contribution is 9.10. The summed E-state index contributed by atoms with van der Waals surface area (Å²) in [5, 5.41) is 3.82. The minimum atomic E-state index is -3.71. The summed E-state index contributed by atoms with van der Waals surface area (Å²) in [6, 6.07) is 4.23. The molecule has 1 aromatic heterocycles. The van der Waals surface area contributed by atoms with E-state index in [-0.39, 0.29) is 16.3 Å². The van der Waals surface area contributed by atoms with Crippen LogP contribution in [0.25, 0.3) is 0 Å². The Morgan fingerprint density at radius 2 is 2.08 bits per heavy atom. The van der Waals surface area contributed by atoms with Crippen molar-refractivity contribution >= 4 is 31.9 Å². The number of hydrogen-bond acceptors (Lipinski definition) is 7. The number of aryl methyl sites for hydroxylation is 1. The van der Waals surface area contributed by atoms with Gasteiger partial charge < -0.3 is 9.26 Å². The summed E-state index contributed by atoms with van der Waals surface area (Å²) >= 11 is 3.20. The van der Waals surface area contributed by atoms with Gasteiger partial charge in [-0.05, 0) is 47.5 Å². The van der Waals surface area contributed by atoms with Gasteiger partial charge in [-0.1, -0.05) is 12.1 Å². The lowest BCUT2D eigenvalue weighted by Gasteiger charge is -2.14. The van der Waals surface area contributed by atoms with Crippen molar-refractivity contribution in [3.05, 3.63) is 40.0 Å². The van der Waals surface area contributed by atoms with Crippen LogP contribution in [0, 0.1) is 0 Å². The molecular formula is C16H20BrN3O5S. The summed E-state index contributed by atoms with van der Waals surface area (Å²) in [5.74, 6) is 0.0592. The molecule has 0 fully saturated rings. The van der Waals surface area contributed by atoms with Crippen LogP contribution in [0.5, 0.6) is 0 Å². The van der Waals surface area contributed by atoms with Crippen LogP contribution in [0.3, 0.4) is 0 Å². The van der Waals surface area contributed by atoms with E-state index in [1.165, 1.54) is 32.3 Å². The number of rotatable bonds is 7. The second-order valence-corrected chi connectivity index (χ2v) is 8.75. The third-order valence-electron chi connectivity index (χ3n) is 3.51. The van der Waals surface area contributed by atoms with E-state index < -0.39 is 22.1 Å². The van der Waals surface area contributed by atoms with E-state index in [9.17, 15) is 13.2 Å². The van der Waals surface area contributed by atoms with Crippen LogP contribution in [0.15, 0.2) is 32.1 Å². The molecule has 142 valence electrons. The first kappa shape index (κ1) is 20.5. The first-order valence-electron chi connectivity index (χ1n) is 7.92. The molecule has 0 saturated heterocycles. The number of halogens is 1. The topological polar surface area (TPSA) is 103 Å². The molecule has 1 heterocycles. The summed E-state index contributed by atoms with van der Waals surface area (Å²) in [5.41, 5.74) is 0.105. The maximum Gasteiger partial charge on any atom is 0.338 e. The van der Waals surface area contributed by atoms with Crippen LogP contribution in [-0.2, 0) is 21.2 Å². The normalized spacial score (nSPS) is 13.0. The highest BCUT2D eigenvalue weighted by Gasteiger charge is 2.24. The Bertz CT molecular complexity index is 895. The van der Waals surface area contributed by atoms with E-state index in [1.807, 2.05) is 6.92 Å². The molecule has 10 heteroatoms. The molecule has 0 spiro atoms. The fourth-order valence-electron chi connectivity index (χ4n) is 2.06. The van der Waals surface area contributed by atoms with Gasteiger partial charge >= 0.3 is 5.97 Å². The molecule has 0 N–H and O–H groups in total. The lowest BCUT2D eigenvalue weighted by Crippen LogP contribution is -2.23. The number of carbonyl (C=O) groups is 1. The zero-order valence-corrected chi connectivity index (χ0v) is 17.3. The van der Waals surface area contributed by atoms with Crippen LogP contribution < -0.4 is 0 Å². The third kappa shape index (κ3) is 4.49. The van der Waals surface area contributed by atoms with Crippen LogP contribution >= 0.6 is 15.9 Å². The molecule has 0 bridgehead atoms. The maximum atomic E-state index is 12.4. The average Bonchev–Trinajstić information content (AvgIpc) is 3.04. The largest absolute Gasteiger partial charge is 0.449 e. The van der Waals surface area contributed by atoms with Crippen molar-refractivity contribution in [2.24, 2.45) is 0 Å². The molecular weight excluding hydrogens is 426 g/mol. The number of benzene rings is 1. The molecule has 2 aromatic rings. The number of carbonyl (C=O) groups excluding carboxylic acids is 1. The molecule has 0 saturated carbocycles. The Morgan fingerprint density at radius 3 is 2.69 bits per heavy atom. The predicted molar refractivity (Wildman–Crippen MR) is 97.1 cm³/mol. The second-order valence-electron chi connectivity index (χ2n) is 5.78. The molecule has 0 aliphatic rings. The predicted octanol–water partition coefficient (Wildman–Crippen LogP) is 2.95. The number of sulfonamides is 1. The molecule has 1 aromatic carbocycles. The van der Waals surface area contributed by atoms with E-state index in [2.05, 4.69) is 26.1 Å². The third-order valence-corrected chi connectivity index (χ3v) is 6.32. The van der Waals surface area contributed by atoms with Gasteiger partial charge in [0.05, 0.1) is 10.5 Å². The zero-order valence-electron chi connectivity index (χ0n) is 14.9. The highest BCUT2D eigenvalue weighted by atomic mass is 79.9. The fourth-order valence-corrected chi connectivity index (χ4v) is 3.91. The van der Waals surface area contributed by atoms with E-state index in [0.717, 1.165) is 10.7 Å². The molecule has 1 atom stereocenters. The highest BCUT2D eigenvalue weighted by Crippen LogP contribution is 2.26. The van der Waals surface area contributed by atoms with Crippen LogP contribution in [0.2, 0.25) is 0 Å². The molecule has 2 rings (SSSR count). The standard InChI is InChI=1S/C16H20BrN3O5S/c1-5-6-14-18-15(25-19-14)10(2)24-16(21)11-7-8-12(17)13(9-11)26(22,23)20(3)4/h7-10H,5-6H2,1-4H3. The summed E-state index contributed by atoms with van der Waals surface area (Å²) in [4.78, 5) is 16.5. The lowest BCUT2D eigenvalue weighted by molar-refractivity contribution is 0.0265. The van der Waals surface area contributed by atoms with Crippen molar-refractivity contribution in [3.8, 4) is 0 Å². The Balaban J connectivity index is 2.21. The molecule has 0 aliphatic heterocycles. The molecule has 0 amide bonds. The van der Waals surface area contributed by atoms with Crippen molar-refractivity contribution in [1.29, 1.82) is 0 Å². The average molecular weight is 446 g/mol. The van der Waals surface area contributed by atoms with Gasteiger partial charge in [0.1, 0.15) is 0 Å². The van der Waals surface area contributed by atoms with Crippen molar-refractivity contribution in [2.75, 3.05) is 14.1 Å². The first-order chi connectivity index (χ1) is 12.2. The number of esters is 1. The first-order valence-corrected chi connectivity index (χ1v) is 10.2. The quantitative estimate of drug-likeness (QED) is 0.603. The van der Waals surface area contributed by atoms with Gasteiger partial charge in [0.25, 0.3) is 5.89 Å². The maximum absolute atomic E-state index is 12.4. The Hall–Kier alpha value is -1.78. The van der Waals surface area contributed by atoms with Crippen molar-refractivity contribution < 1.29 is 22.5 Å². The number of ether oxygens (including phenoxy) is 1. The number of hydrogen-bond donors (Lipinski definition) is 0. The molecule has 0 radical (unpaired) electrons. The number of nitrogens with zero attached hydrogens (tertiary/aromatic N) is 3. The summed E-state index contributed by atoms with van der Waals surface area (Å²) < 4.78 is 36.5. The van der Waals surface area contributed by atoms with Crippen LogP contribution in [0.4, 0.5) is 0 Å². The Kier molecular flexibility index (Phi) is 6.53. The van der Waals surface area contributed by atoms with Crippen LogP contribution in [-0.4, -0.2) is 42.9 Å². The summed E-state index contributed by atoms with van der Waals surface area (Å²) in [6.45, 7) is 3.60. The molecule has 8 nitrogen and oxygen atoms in total. The van der Waals surface area contributed by atoms with E-state index in [0.29, 0.717) is 16.7 Å². The van der Waals surface area contributed by atoms with Crippen molar-refractivity contribution in [2.45, 2.75) is 37.7 Å².